The Morgan fingerprint density at radius 3 is 2.40 bits per heavy atom. The molecule has 1 aliphatic rings. The first-order valence-electron chi connectivity index (χ1n) is 10.3. The molecule has 1 aliphatic heterocycles. The number of ketones is 1. The molecule has 160 valence electrons. The minimum Gasteiger partial charge on any atom is -0.491 e. The van der Waals surface area contributed by atoms with Crippen LogP contribution in [0.15, 0.2) is 42.5 Å². The first-order valence-corrected chi connectivity index (χ1v) is 11.0. The monoisotopic (exact) mass is 446 g/mol. The van der Waals surface area contributed by atoms with Crippen LogP contribution >= 0.6 is 23.2 Å². The highest BCUT2D eigenvalue weighted by Gasteiger charge is 2.16. The van der Waals surface area contributed by atoms with Crippen LogP contribution in [0.4, 0.5) is 5.69 Å². The van der Waals surface area contributed by atoms with E-state index in [9.17, 15) is 4.79 Å². The molecule has 1 fully saturated rings. The van der Waals surface area contributed by atoms with Gasteiger partial charge in [-0.15, -0.1) is 0 Å². The number of hydrogen-bond donors (Lipinski definition) is 0. The number of likely N-dealkylation sites (tertiary alicyclic amines) is 1. The van der Waals surface area contributed by atoms with Crippen molar-refractivity contribution in [3.05, 3.63) is 63.6 Å². The molecule has 30 heavy (non-hydrogen) atoms. The number of nitrogens with zero attached hydrogens (tertiary/aromatic N) is 2. The summed E-state index contributed by atoms with van der Waals surface area (Å²) < 4.78 is 5.82. The standard InChI is InChI=1S/C24H28Cl2N2O2/c1-27(2)19-9-6-18(7-10-19)8-12-21(29)20-11-13-22(24(26)23(20)25)30-17-16-28-14-4-3-5-15-28/h6-13H,3-5,14-17H2,1-2H3/b12-8+. The topological polar surface area (TPSA) is 32.8 Å². The van der Waals surface area contributed by atoms with Gasteiger partial charge in [-0.1, -0.05) is 47.8 Å². The number of hydrogen-bond acceptors (Lipinski definition) is 4. The van der Waals surface area contributed by atoms with Crippen molar-refractivity contribution < 1.29 is 9.53 Å². The summed E-state index contributed by atoms with van der Waals surface area (Å²) in [7, 11) is 3.97. The zero-order valence-corrected chi connectivity index (χ0v) is 19.0. The van der Waals surface area contributed by atoms with E-state index in [-0.39, 0.29) is 15.8 Å². The minimum atomic E-state index is -0.196. The number of halogens is 2. The number of ether oxygens (including phenoxy) is 1. The second-order valence-corrected chi connectivity index (χ2v) is 8.43. The van der Waals surface area contributed by atoms with Crippen LogP contribution in [0.25, 0.3) is 6.08 Å². The van der Waals surface area contributed by atoms with Crippen molar-refractivity contribution in [1.29, 1.82) is 0 Å². The molecule has 0 radical (unpaired) electrons. The fourth-order valence-electron chi connectivity index (χ4n) is 3.45. The summed E-state index contributed by atoms with van der Waals surface area (Å²) in [6.45, 7) is 3.65. The van der Waals surface area contributed by atoms with Gasteiger partial charge in [0, 0.05) is 31.9 Å². The first kappa shape index (κ1) is 22.7. The van der Waals surface area contributed by atoms with Crippen LogP contribution < -0.4 is 9.64 Å². The maximum absolute atomic E-state index is 12.6. The molecule has 1 saturated heterocycles. The highest BCUT2D eigenvalue weighted by Crippen LogP contribution is 2.35. The molecule has 6 heteroatoms. The van der Waals surface area contributed by atoms with Gasteiger partial charge in [-0.25, -0.2) is 0 Å². The van der Waals surface area contributed by atoms with Gasteiger partial charge in [0.2, 0.25) is 0 Å². The normalized spacial score (nSPS) is 14.8. The van der Waals surface area contributed by atoms with Crippen molar-refractivity contribution >= 4 is 40.7 Å². The number of piperidine rings is 1. The Hall–Kier alpha value is -2.01. The highest BCUT2D eigenvalue weighted by atomic mass is 35.5. The van der Waals surface area contributed by atoms with E-state index in [1.54, 1.807) is 18.2 Å². The van der Waals surface area contributed by atoms with Crippen LogP contribution in [0.5, 0.6) is 5.75 Å². The molecule has 0 amide bonds. The molecule has 2 aromatic carbocycles. The van der Waals surface area contributed by atoms with E-state index in [0.29, 0.717) is 17.9 Å². The number of allylic oxidation sites excluding steroid dienone is 1. The van der Waals surface area contributed by atoms with Crippen molar-refractivity contribution in [2.45, 2.75) is 19.3 Å². The molecule has 1 heterocycles. The van der Waals surface area contributed by atoms with Gasteiger partial charge < -0.3 is 9.64 Å². The molecule has 0 saturated carbocycles. The first-order chi connectivity index (χ1) is 14.5. The second kappa shape index (κ2) is 10.9. The van der Waals surface area contributed by atoms with E-state index in [1.807, 2.05) is 43.3 Å². The SMILES string of the molecule is CN(C)c1ccc(/C=C/C(=O)c2ccc(OCCN3CCCCC3)c(Cl)c2Cl)cc1. The zero-order valence-electron chi connectivity index (χ0n) is 17.5. The molecular formula is C24H28Cl2N2O2. The van der Waals surface area contributed by atoms with Gasteiger partial charge in [-0.2, -0.15) is 0 Å². The molecular weight excluding hydrogens is 419 g/mol. The lowest BCUT2D eigenvalue weighted by molar-refractivity contribution is 0.104. The van der Waals surface area contributed by atoms with Crippen LogP contribution in [0.2, 0.25) is 10.0 Å². The maximum atomic E-state index is 12.6. The number of carbonyl (C=O) groups excluding carboxylic acids is 1. The summed E-state index contributed by atoms with van der Waals surface area (Å²) >= 11 is 12.8. The van der Waals surface area contributed by atoms with Crippen LogP contribution in [-0.2, 0) is 0 Å². The van der Waals surface area contributed by atoms with Gasteiger partial charge in [-0.05, 0) is 61.8 Å². The molecule has 0 N–H and O–H groups in total. The highest BCUT2D eigenvalue weighted by molar-refractivity contribution is 6.45. The molecule has 0 aliphatic carbocycles. The quantitative estimate of drug-likeness (QED) is 0.377. The summed E-state index contributed by atoms with van der Waals surface area (Å²) in [5, 5.41) is 0.509. The Morgan fingerprint density at radius 2 is 1.73 bits per heavy atom. The van der Waals surface area contributed by atoms with Gasteiger partial charge in [0.1, 0.15) is 17.4 Å². The molecule has 0 unspecified atom stereocenters. The largest absolute Gasteiger partial charge is 0.491 e. The zero-order chi connectivity index (χ0) is 21.5. The summed E-state index contributed by atoms with van der Waals surface area (Å²) in [6.07, 6.45) is 7.09. The Balaban J connectivity index is 1.61. The minimum absolute atomic E-state index is 0.196. The lowest BCUT2D eigenvalue weighted by atomic mass is 10.1. The Morgan fingerprint density at radius 1 is 1.03 bits per heavy atom. The number of anilines is 1. The third-order valence-corrected chi connectivity index (χ3v) is 6.13. The lowest BCUT2D eigenvalue weighted by Crippen LogP contribution is -2.33. The van der Waals surface area contributed by atoms with Gasteiger partial charge >= 0.3 is 0 Å². The molecule has 0 bridgehead atoms. The average molecular weight is 447 g/mol. The molecule has 0 atom stereocenters. The van der Waals surface area contributed by atoms with Gasteiger partial charge in [0.25, 0.3) is 0 Å². The van der Waals surface area contributed by atoms with E-state index in [2.05, 4.69) is 4.90 Å². The van der Waals surface area contributed by atoms with Gasteiger partial charge in [0.05, 0.1) is 5.02 Å². The van der Waals surface area contributed by atoms with Crippen molar-refractivity contribution in [2.24, 2.45) is 0 Å². The predicted molar refractivity (Wildman–Crippen MR) is 126 cm³/mol. The molecule has 0 spiro atoms. The third kappa shape index (κ3) is 6.00. The van der Waals surface area contributed by atoms with E-state index in [0.717, 1.165) is 30.9 Å². The smallest absolute Gasteiger partial charge is 0.187 e. The van der Waals surface area contributed by atoms with E-state index in [4.69, 9.17) is 27.9 Å². The van der Waals surface area contributed by atoms with E-state index < -0.39 is 0 Å². The van der Waals surface area contributed by atoms with E-state index >= 15 is 0 Å². The van der Waals surface area contributed by atoms with Crippen molar-refractivity contribution in [3.63, 3.8) is 0 Å². The molecule has 2 aromatic rings. The average Bonchev–Trinajstić information content (AvgIpc) is 2.76. The summed E-state index contributed by atoms with van der Waals surface area (Å²) in [5.74, 6) is 0.317. The van der Waals surface area contributed by atoms with Gasteiger partial charge in [-0.3, -0.25) is 9.69 Å². The Labute approximate surface area is 189 Å². The van der Waals surface area contributed by atoms with Crippen LogP contribution in [0.1, 0.15) is 35.2 Å². The summed E-state index contributed by atoms with van der Waals surface area (Å²) in [6, 6.07) is 11.3. The number of carbonyl (C=O) groups is 1. The Kier molecular flexibility index (Phi) is 8.20. The van der Waals surface area contributed by atoms with Crippen LogP contribution in [0.3, 0.4) is 0 Å². The summed E-state index contributed by atoms with van der Waals surface area (Å²) in [5.41, 5.74) is 2.41. The number of rotatable bonds is 8. The maximum Gasteiger partial charge on any atom is 0.187 e. The molecule has 3 rings (SSSR count). The van der Waals surface area contributed by atoms with Crippen molar-refractivity contribution in [1.82, 2.24) is 4.90 Å². The molecule has 4 nitrogen and oxygen atoms in total. The lowest BCUT2D eigenvalue weighted by Gasteiger charge is -2.26. The van der Waals surface area contributed by atoms with Crippen molar-refractivity contribution in [2.75, 3.05) is 45.2 Å². The third-order valence-electron chi connectivity index (χ3n) is 5.26. The predicted octanol–water partition coefficient (Wildman–Crippen LogP) is 5.82. The summed E-state index contributed by atoms with van der Waals surface area (Å²) in [4.78, 5) is 17.0. The van der Waals surface area contributed by atoms with Gasteiger partial charge in [0.15, 0.2) is 5.78 Å². The fourth-order valence-corrected chi connectivity index (χ4v) is 3.92. The van der Waals surface area contributed by atoms with Crippen LogP contribution in [0, 0.1) is 0 Å². The van der Waals surface area contributed by atoms with Crippen molar-refractivity contribution in [3.8, 4) is 5.75 Å². The molecule has 0 aromatic heterocycles. The Bertz CT molecular complexity index is 889. The second-order valence-electron chi connectivity index (χ2n) is 7.67. The number of benzene rings is 2. The van der Waals surface area contributed by atoms with Crippen LogP contribution in [-0.4, -0.2) is 51.0 Å². The van der Waals surface area contributed by atoms with E-state index in [1.165, 1.54) is 25.3 Å². The fraction of sp³-hybridized carbons (Fsp3) is 0.375.